The van der Waals surface area contributed by atoms with Crippen LogP contribution in [0.3, 0.4) is 0 Å². The van der Waals surface area contributed by atoms with Gasteiger partial charge >= 0.3 is 0 Å². The van der Waals surface area contributed by atoms with Crippen molar-refractivity contribution in [1.82, 2.24) is 10.6 Å². The van der Waals surface area contributed by atoms with Gasteiger partial charge in [0, 0.05) is 18.9 Å². The van der Waals surface area contributed by atoms with E-state index in [2.05, 4.69) is 16.7 Å². The Morgan fingerprint density at radius 3 is 2.32 bits per heavy atom. The van der Waals surface area contributed by atoms with Crippen LogP contribution < -0.4 is 20.1 Å². The van der Waals surface area contributed by atoms with Gasteiger partial charge in [0.05, 0.1) is 36.6 Å². The van der Waals surface area contributed by atoms with E-state index in [9.17, 15) is 14.9 Å². The highest BCUT2D eigenvalue weighted by atomic mass is 32.2. The van der Waals surface area contributed by atoms with Crippen molar-refractivity contribution in [3.05, 3.63) is 70.3 Å². The average molecular weight is 438 g/mol. The molecular weight excluding hydrogens is 414 g/mol. The number of carbonyl (C=O) groups is 2. The van der Waals surface area contributed by atoms with Crippen LogP contribution in [0.4, 0.5) is 0 Å². The summed E-state index contributed by atoms with van der Waals surface area (Å²) in [5.41, 5.74) is 2.26. The molecule has 2 amide bonds. The van der Waals surface area contributed by atoms with E-state index in [0.29, 0.717) is 22.9 Å². The SMILES string of the molecule is COc1ccc(CNC(=O)CSC2=C(C#N)[C@H](c3ccc(OC)cc3)CC(=O)N2)cc1. The topological polar surface area (TPSA) is 100 Å². The number of rotatable bonds is 8. The number of nitriles is 1. The number of amides is 2. The van der Waals surface area contributed by atoms with E-state index in [1.807, 2.05) is 36.4 Å². The van der Waals surface area contributed by atoms with Crippen LogP contribution >= 0.6 is 11.8 Å². The number of benzene rings is 2. The van der Waals surface area contributed by atoms with Gasteiger partial charge in [0.1, 0.15) is 11.5 Å². The first kappa shape index (κ1) is 22.2. The molecule has 8 heteroatoms. The van der Waals surface area contributed by atoms with Crippen LogP contribution in [0.5, 0.6) is 11.5 Å². The zero-order valence-corrected chi connectivity index (χ0v) is 18.1. The van der Waals surface area contributed by atoms with Crippen LogP contribution in [0.15, 0.2) is 59.1 Å². The third kappa shape index (κ3) is 5.80. The highest BCUT2D eigenvalue weighted by Gasteiger charge is 2.29. The maximum absolute atomic E-state index is 12.3. The number of hydrogen-bond acceptors (Lipinski definition) is 6. The normalized spacial score (nSPS) is 15.6. The highest BCUT2D eigenvalue weighted by molar-refractivity contribution is 8.03. The first-order chi connectivity index (χ1) is 15.0. The molecule has 0 spiro atoms. The zero-order valence-electron chi connectivity index (χ0n) is 17.3. The molecule has 0 bridgehead atoms. The number of carbonyl (C=O) groups excluding carboxylic acids is 2. The predicted molar refractivity (Wildman–Crippen MR) is 118 cm³/mol. The molecule has 0 aromatic heterocycles. The number of ether oxygens (including phenoxy) is 2. The van der Waals surface area contributed by atoms with E-state index < -0.39 is 0 Å². The largest absolute Gasteiger partial charge is 0.497 e. The molecule has 0 fully saturated rings. The Kier molecular flexibility index (Phi) is 7.57. The van der Waals surface area contributed by atoms with Crippen LogP contribution in [0.25, 0.3) is 0 Å². The fourth-order valence-electron chi connectivity index (χ4n) is 3.19. The lowest BCUT2D eigenvalue weighted by molar-refractivity contribution is -0.121. The Hall–Kier alpha value is -3.44. The van der Waals surface area contributed by atoms with Gasteiger partial charge in [0.25, 0.3) is 0 Å². The summed E-state index contributed by atoms with van der Waals surface area (Å²) in [6.07, 6.45) is 0.183. The Balaban J connectivity index is 1.64. The van der Waals surface area contributed by atoms with Crippen molar-refractivity contribution in [2.45, 2.75) is 18.9 Å². The average Bonchev–Trinajstić information content (AvgIpc) is 2.81. The first-order valence-electron chi connectivity index (χ1n) is 9.64. The highest BCUT2D eigenvalue weighted by Crippen LogP contribution is 2.36. The molecule has 31 heavy (non-hydrogen) atoms. The van der Waals surface area contributed by atoms with Crippen molar-refractivity contribution in [3.63, 3.8) is 0 Å². The number of nitrogens with zero attached hydrogens (tertiary/aromatic N) is 1. The van der Waals surface area contributed by atoms with Gasteiger partial charge in [0.2, 0.25) is 11.8 Å². The van der Waals surface area contributed by atoms with Crippen LogP contribution in [0.2, 0.25) is 0 Å². The minimum Gasteiger partial charge on any atom is -0.497 e. The number of thioether (sulfide) groups is 1. The van der Waals surface area contributed by atoms with Crippen molar-refractivity contribution in [2.24, 2.45) is 0 Å². The Morgan fingerprint density at radius 2 is 1.74 bits per heavy atom. The van der Waals surface area contributed by atoms with Crippen molar-refractivity contribution in [3.8, 4) is 17.6 Å². The summed E-state index contributed by atoms with van der Waals surface area (Å²) in [6.45, 7) is 0.383. The molecule has 0 saturated carbocycles. The molecule has 0 saturated heterocycles. The number of allylic oxidation sites excluding steroid dienone is 1. The Bertz CT molecular complexity index is 1010. The van der Waals surface area contributed by atoms with Gasteiger partial charge in [-0.2, -0.15) is 5.26 Å². The van der Waals surface area contributed by atoms with Crippen LogP contribution in [0.1, 0.15) is 23.5 Å². The molecule has 0 radical (unpaired) electrons. The molecule has 1 aliphatic heterocycles. The minimum atomic E-state index is -0.352. The second-order valence-corrected chi connectivity index (χ2v) is 7.83. The Labute approximate surface area is 185 Å². The number of methoxy groups -OCH3 is 2. The van der Waals surface area contributed by atoms with Gasteiger partial charge in [-0.3, -0.25) is 9.59 Å². The van der Waals surface area contributed by atoms with Crippen molar-refractivity contribution in [1.29, 1.82) is 5.26 Å². The fraction of sp³-hybridized carbons (Fsp3) is 0.261. The second kappa shape index (κ2) is 10.5. The summed E-state index contributed by atoms with van der Waals surface area (Å²) in [6, 6.07) is 16.9. The molecule has 0 aliphatic carbocycles. The van der Waals surface area contributed by atoms with E-state index in [4.69, 9.17) is 9.47 Å². The molecule has 3 rings (SSSR count). The molecule has 2 aromatic rings. The fourth-order valence-corrected chi connectivity index (χ4v) is 4.09. The summed E-state index contributed by atoms with van der Waals surface area (Å²) >= 11 is 1.16. The standard InChI is InChI=1S/C23H23N3O4S/c1-29-17-7-3-15(4-8-17)13-25-22(28)14-31-23-20(12-24)19(11-21(27)26-23)16-5-9-18(30-2)10-6-16/h3-10,19H,11,13-14H2,1-2H3,(H,25,28)(H,26,27)/t19-/m0/s1. The molecule has 1 heterocycles. The van der Waals surface area contributed by atoms with Gasteiger partial charge in [-0.15, -0.1) is 0 Å². The Morgan fingerprint density at radius 1 is 1.13 bits per heavy atom. The molecule has 1 atom stereocenters. The van der Waals surface area contributed by atoms with Crippen LogP contribution in [0, 0.1) is 11.3 Å². The minimum absolute atomic E-state index is 0.0896. The van der Waals surface area contributed by atoms with Crippen molar-refractivity contribution in [2.75, 3.05) is 20.0 Å². The van der Waals surface area contributed by atoms with Crippen LogP contribution in [-0.4, -0.2) is 31.8 Å². The molecule has 1 aliphatic rings. The third-order valence-corrected chi connectivity index (χ3v) is 5.89. The van der Waals surface area contributed by atoms with Gasteiger partial charge in [0.15, 0.2) is 0 Å². The first-order valence-corrected chi connectivity index (χ1v) is 10.6. The monoisotopic (exact) mass is 437 g/mol. The van der Waals surface area contributed by atoms with E-state index >= 15 is 0 Å². The number of nitrogens with one attached hydrogen (secondary N) is 2. The smallest absolute Gasteiger partial charge is 0.230 e. The third-order valence-electron chi connectivity index (χ3n) is 4.87. The maximum atomic E-state index is 12.3. The van der Waals surface area contributed by atoms with Gasteiger partial charge in [-0.1, -0.05) is 36.0 Å². The molecule has 2 aromatic carbocycles. The van der Waals surface area contributed by atoms with Gasteiger partial charge < -0.3 is 20.1 Å². The molecule has 7 nitrogen and oxygen atoms in total. The van der Waals surface area contributed by atoms with E-state index in [-0.39, 0.29) is 29.9 Å². The molecular formula is C23H23N3O4S. The lowest BCUT2D eigenvalue weighted by atomic mass is 9.87. The van der Waals surface area contributed by atoms with Crippen molar-refractivity contribution < 1.29 is 19.1 Å². The zero-order chi connectivity index (χ0) is 22.2. The second-order valence-electron chi connectivity index (χ2n) is 6.85. The summed E-state index contributed by atoms with van der Waals surface area (Å²) in [5.74, 6) is 0.823. The summed E-state index contributed by atoms with van der Waals surface area (Å²) in [5, 5.41) is 15.7. The lowest BCUT2D eigenvalue weighted by Gasteiger charge is -2.25. The lowest BCUT2D eigenvalue weighted by Crippen LogP contribution is -2.32. The van der Waals surface area contributed by atoms with E-state index in [1.54, 1.807) is 26.4 Å². The molecule has 2 N–H and O–H groups in total. The predicted octanol–water partition coefficient (Wildman–Crippen LogP) is 3.09. The summed E-state index contributed by atoms with van der Waals surface area (Å²) in [4.78, 5) is 24.5. The van der Waals surface area contributed by atoms with Crippen LogP contribution in [-0.2, 0) is 16.1 Å². The van der Waals surface area contributed by atoms with Gasteiger partial charge in [-0.05, 0) is 35.4 Å². The van der Waals surface area contributed by atoms with Crippen molar-refractivity contribution >= 4 is 23.6 Å². The number of hydrogen-bond donors (Lipinski definition) is 2. The maximum Gasteiger partial charge on any atom is 0.230 e. The van der Waals surface area contributed by atoms with E-state index in [1.165, 1.54) is 0 Å². The van der Waals surface area contributed by atoms with E-state index in [0.717, 1.165) is 28.6 Å². The summed E-state index contributed by atoms with van der Waals surface area (Å²) in [7, 11) is 3.18. The molecule has 0 unspecified atom stereocenters. The molecule has 160 valence electrons. The van der Waals surface area contributed by atoms with Gasteiger partial charge in [-0.25, -0.2) is 0 Å². The summed E-state index contributed by atoms with van der Waals surface area (Å²) < 4.78 is 10.3. The quantitative estimate of drug-likeness (QED) is 0.658.